The number of rotatable bonds is 4. The fourth-order valence-corrected chi connectivity index (χ4v) is 4.34. The predicted molar refractivity (Wildman–Crippen MR) is 108 cm³/mol. The number of pyridine rings is 1. The molecule has 0 bridgehead atoms. The Morgan fingerprint density at radius 1 is 0.880 bits per heavy atom. The van der Waals surface area contributed by atoms with Crippen molar-refractivity contribution >= 4 is 37.7 Å². The zero-order chi connectivity index (χ0) is 17.2. The summed E-state index contributed by atoms with van der Waals surface area (Å²) in [6.07, 6.45) is 5.15. The highest BCUT2D eigenvalue weighted by Gasteiger charge is 2.12. The van der Waals surface area contributed by atoms with E-state index < -0.39 is 0 Å². The maximum atomic E-state index is 12.9. The molecule has 0 atom stereocenters. The van der Waals surface area contributed by atoms with Gasteiger partial charge < -0.3 is 9.47 Å². The fourth-order valence-electron chi connectivity index (χ4n) is 3.98. The molecule has 0 amide bonds. The number of piperidine rings is 1. The summed E-state index contributed by atoms with van der Waals surface area (Å²) >= 11 is 3.51. The maximum absolute atomic E-state index is 12.9. The van der Waals surface area contributed by atoms with Crippen molar-refractivity contribution in [3.63, 3.8) is 0 Å². The smallest absolute Gasteiger partial charge is 0.197 e. The highest BCUT2D eigenvalue weighted by Crippen LogP contribution is 2.23. The van der Waals surface area contributed by atoms with Gasteiger partial charge in [0.1, 0.15) is 0 Å². The van der Waals surface area contributed by atoms with E-state index in [1.807, 2.05) is 30.3 Å². The molecule has 25 heavy (non-hydrogen) atoms. The Bertz CT molecular complexity index is 957. The second kappa shape index (κ2) is 7.30. The van der Waals surface area contributed by atoms with Gasteiger partial charge in [-0.25, -0.2) is 0 Å². The Balaban J connectivity index is 1.72. The fraction of sp³-hybridized carbons (Fsp3) is 0.381. The van der Waals surface area contributed by atoms with E-state index in [4.69, 9.17) is 0 Å². The molecule has 2 aromatic carbocycles. The molecule has 2 heterocycles. The number of fused-ring (bicyclic) bond motifs is 2. The maximum Gasteiger partial charge on any atom is 0.197 e. The molecule has 1 aliphatic rings. The number of likely N-dealkylation sites (tertiary alicyclic amines) is 1. The summed E-state index contributed by atoms with van der Waals surface area (Å²) in [7, 11) is 0. The van der Waals surface area contributed by atoms with Crippen LogP contribution >= 0.6 is 15.9 Å². The molecule has 0 saturated carbocycles. The van der Waals surface area contributed by atoms with Crippen LogP contribution in [0, 0.1) is 0 Å². The van der Waals surface area contributed by atoms with Crippen LogP contribution < -0.4 is 5.43 Å². The summed E-state index contributed by atoms with van der Waals surface area (Å²) < 4.78 is 3.27. The SMILES string of the molecule is O=c1c2ccccc2n(CCCN2CCCCC2)c2ccc(Br)cc12. The number of para-hydroxylation sites is 1. The lowest BCUT2D eigenvalue weighted by atomic mass is 10.1. The molecule has 1 aliphatic heterocycles. The number of aromatic nitrogens is 1. The average molecular weight is 399 g/mol. The summed E-state index contributed by atoms with van der Waals surface area (Å²) in [5, 5.41) is 1.61. The number of nitrogens with zero attached hydrogens (tertiary/aromatic N) is 2. The molecule has 1 fully saturated rings. The van der Waals surface area contributed by atoms with E-state index in [1.165, 1.54) is 32.4 Å². The van der Waals surface area contributed by atoms with Crippen molar-refractivity contribution in [2.24, 2.45) is 0 Å². The lowest BCUT2D eigenvalue weighted by Gasteiger charge is -2.26. The Morgan fingerprint density at radius 2 is 1.64 bits per heavy atom. The second-order valence-electron chi connectivity index (χ2n) is 6.92. The predicted octanol–water partition coefficient (Wildman–Crippen LogP) is 4.79. The minimum Gasteiger partial charge on any atom is -0.340 e. The van der Waals surface area contributed by atoms with Crippen LogP contribution in [0.5, 0.6) is 0 Å². The van der Waals surface area contributed by atoms with Crippen LogP contribution in [0.3, 0.4) is 0 Å². The van der Waals surface area contributed by atoms with Gasteiger partial charge in [0.15, 0.2) is 5.43 Å². The summed E-state index contributed by atoms with van der Waals surface area (Å²) in [6, 6.07) is 14.0. The zero-order valence-electron chi connectivity index (χ0n) is 14.4. The van der Waals surface area contributed by atoms with Crippen molar-refractivity contribution < 1.29 is 0 Å². The van der Waals surface area contributed by atoms with Gasteiger partial charge in [0.05, 0.1) is 11.0 Å². The Morgan fingerprint density at radius 3 is 2.48 bits per heavy atom. The van der Waals surface area contributed by atoms with Crippen molar-refractivity contribution in [2.75, 3.05) is 19.6 Å². The molecule has 4 rings (SSSR count). The van der Waals surface area contributed by atoms with Crippen LogP contribution in [0.4, 0.5) is 0 Å². The quantitative estimate of drug-likeness (QED) is 0.590. The van der Waals surface area contributed by atoms with E-state index in [-0.39, 0.29) is 5.43 Å². The van der Waals surface area contributed by atoms with Crippen molar-refractivity contribution in [2.45, 2.75) is 32.2 Å². The third kappa shape index (κ3) is 3.38. The first kappa shape index (κ1) is 16.8. The molecule has 0 N–H and O–H groups in total. The molecule has 130 valence electrons. The third-order valence-electron chi connectivity index (χ3n) is 5.24. The van der Waals surface area contributed by atoms with E-state index in [0.29, 0.717) is 0 Å². The van der Waals surface area contributed by atoms with Crippen molar-refractivity contribution in [1.82, 2.24) is 9.47 Å². The molecule has 0 aliphatic carbocycles. The molecular weight excluding hydrogens is 376 g/mol. The first-order chi connectivity index (χ1) is 12.2. The number of hydrogen-bond acceptors (Lipinski definition) is 2. The molecule has 3 aromatic rings. The third-order valence-corrected chi connectivity index (χ3v) is 5.73. The summed E-state index contributed by atoms with van der Waals surface area (Å²) in [5.74, 6) is 0. The minimum absolute atomic E-state index is 0.124. The molecular formula is C21H23BrN2O. The monoisotopic (exact) mass is 398 g/mol. The molecule has 0 unspecified atom stereocenters. The van der Waals surface area contributed by atoms with Crippen LogP contribution in [0.25, 0.3) is 21.8 Å². The Hall–Kier alpha value is -1.65. The molecule has 3 nitrogen and oxygen atoms in total. The van der Waals surface area contributed by atoms with Gasteiger partial charge in [-0.2, -0.15) is 0 Å². The number of aryl methyl sites for hydroxylation is 1. The summed E-state index contributed by atoms with van der Waals surface area (Å²) in [6.45, 7) is 4.55. The second-order valence-corrected chi connectivity index (χ2v) is 7.83. The minimum atomic E-state index is 0.124. The lowest BCUT2D eigenvalue weighted by molar-refractivity contribution is 0.223. The molecule has 1 aromatic heterocycles. The van der Waals surface area contributed by atoms with Crippen molar-refractivity contribution in [3.8, 4) is 0 Å². The molecule has 4 heteroatoms. The van der Waals surface area contributed by atoms with Gasteiger partial charge in [-0.15, -0.1) is 0 Å². The van der Waals surface area contributed by atoms with E-state index in [1.54, 1.807) is 0 Å². The van der Waals surface area contributed by atoms with E-state index >= 15 is 0 Å². The van der Waals surface area contributed by atoms with Crippen LogP contribution in [0.15, 0.2) is 51.7 Å². The van der Waals surface area contributed by atoms with E-state index in [2.05, 4.69) is 37.5 Å². The van der Waals surface area contributed by atoms with E-state index in [0.717, 1.165) is 45.8 Å². The first-order valence-corrected chi connectivity index (χ1v) is 9.96. The normalized spacial score (nSPS) is 15.9. The Kier molecular flexibility index (Phi) is 4.91. The van der Waals surface area contributed by atoms with Crippen molar-refractivity contribution in [3.05, 3.63) is 57.2 Å². The highest BCUT2D eigenvalue weighted by atomic mass is 79.9. The molecule has 0 radical (unpaired) electrons. The number of halogens is 1. The van der Waals surface area contributed by atoms with Crippen LogP contribution in [-0.4, -0.2) is 29.1 Å². The van der Waals surface area contributed by atoms with E-state index in [9.17, 15) is 4.79 Å². The van der Waals surface area contributed by atoms with Gasteiger partial charge in [-0.3, -0.25) is 4.79 Å². The number of hydrogen-bond donors (Lipinski definition) is 0. The van der Waals surface area contributed by atoms with Gasteiger partial charge >= 0.3 is 0 Å². The van der Waals surface area contributed by atoms with Crippen molar-refractivity contribution in [1.29, 1.82) is 0 Å². The standard InChI is InChI=1S/C21H23BrN2O/c22-16-9-10-20-18(15-16)21(25)17-7-2-3-8-19(17)24(20)14-6-13-23-11-4-1-5-12-23/h2-3,7-10,15H,1,4-6,11-14H2. The largest absolute Gasteiger partial charge is 0.340 e. The first-order valence-electron chi connectivity index (χ1n) is 9.17. The topological polar surface area (TPSA) is 25.2 Å². The summed E-state index contributed by atoms with van der Waals surface area (Å²) in [5.41, 5.74) is 2.20. The van der Waals surface area contributed by atoms with Gasteiger partial charge in [0, 0.05) is 21.8 Å². The average Bonchev–Trinajstić information content (AvgIpc) is 2.65. The van der Waals surface area contributed by atoms with Gasteiger partial charge in [-0.05, 0) is 69.2 Å². The van der Waals surface area contributed by atoms with Crippen LogP contribution in [-0.2, 0) is 6.54 Å². The van der Waals surface area contributed by atoms with Crippen LogP contribution in [0.1, 0.15) is 25.7 Å². The van der Waals surface area contributed by atoms with Gasteiger partial charge in [0.2, 0.25) is 0 Å². The van der Waals surface area contributed by atoms with Gasteiger partial charge in [0.25, 0.3) is 0 Å². The Labute approximate surface area is 156 Å². The summed E-state index contributed by atoms with van der Waals surface area (Å²) in [4.78, 5) is 15.4. The lowest BCUT2D eigenvalue weighted by Crippen LogP contribution is -2.31. The zero-order valence-corrected chi connectivity index (χ0v) is 16.0. The number of benzene rings is 2. The van der Waals surface area contributed by atoms with Gasteiger partial charge in [-0.1, -0.05) is 34.5 Å². The van der Waals surface area contributed by atoms with Crippen LogP contribution in [0.2, 0.25) is 0 Å². The molecule has 0 spiro atoms. The molecule has 1 saturated heterocycles. The highest BCUT2D eigenvalue weighted by molar-refractivity contribution is 9.10.